The molecule has 0 aromatic heterocycles. The molecule has 0 heterocycles. The van der Waals surface area contributed by atoms with Gasteiger partial charge in [0.1, 0.15) is 11.6 Å². The van der Waals surface area contributed by atoms with Crippen LogP contribution in [0.3, 0.4) is 0 Å². The number of anilines is 1. The number of nitrogens with two attached hydrogens (primary N) is 1. The van der Waals surface area contributed by atoms with Gasteiger partial charge in [-0.1, -0.05) is 5.16 Å². The number of oxime groups is 1. The first kappa shape index (κ1) is 12.8. The quantitative estimate of drug-likeness (QED) is 0.316. The first-order valence-corrected chi connectivity index (χ1v) is 4.97. The summed E-state index contributed by atoms with van der Waals surface area (Å²) < 4.78 is 5.10. The molecule has 0 saturated carbocycles. The minimum atomic E-state index is -0.343. The van der Waals surface area contributed by atoms with E-state index in [9.17, 15) is 4.79 Å². The molecule has 0 saturated heterocycles. The molecule has 1 aromatic carbocycles. The van der Waals surface area contributed by atoms with Crippen molar-refractivity contribution in [1.82, 2.24) is 0 Å². The van der Waals surface area contributed by atoms with Crippen molar-refractivity contribution in [1.29, 1.82) is 0 Å². The largest absolute Gasteiger partial charge is 0.496 e. The van der Waals surface area contributed by atoms with Crippen molar-refractivity contribution >= 4 is 17.4 Å². The standard InChI is InChI=1S/C11H15N3O3/c1-7-5-8(3-4-9(7)17-2)13-11(15)6-10(12)14-16/h3-5,16H,6H2,1-2H3,(H2,12,14)(H,13,15). The van der Waals surface area contributed by atoms with Gasteiger partial charge in [-0.25, -0.2) is 0 Å². The monoisotopic (exact) mass is 237 g/mol. The number of methoxy groups -OCH3 is 1. The Kier molecular flexibility index (Phi) is 4.33. The lowest BCUT2D eigenvalue weighted by molar-refractivity contribution is -0.115. The van der Waals surface area contributed by atoms with Crippen LogP contribution >= 0.6 is 0 Å². The molecule has 92 valence electrons. The average molecular weight is 237 g/mol. The third-order valence-corrected chi connectivity index (χ3v) is 2.15. The Morgan fingerprint density at radius 3 is 2.82 bits per heavy atom. The number of aryl methyl sites for hydroxylation is 1. The molecule has 0 aliphatic heterocycles. The van der Waals surface area contributed by atoms with Crippen molar-refractivity contribution in [3.63, 3.8) is 0 Å². The summed E-state index contributed by atoms with van der Waals surface area (Å²) in [5, 5.41) is 13.7. The highest BCUT2D eigenvalue weighted by atomic mass is 16.5. The van der Waals surface area contributed by atoms with E-state index < -0.39 is 0 Å². The molecular formula is C11H15N3O3. The van der Waals surface area contributed by atoms with Gasteiger partial charge < -0.3 is 21.0 Å². The van der Waals surface area contributed by atoms with Crippen molar-refractivity contribution in [3.8, 4) is 5.75 Å². The van der Waals surface area contributed by atoms with Gasteiger partial charge in [-0.15, -0.1) is 0 Å². The van der Waals surface area contributed by atoms with Crippen molar-refractivity contribution in [2.45, 2.75) is 13.3 Å². The van der Waals surface area contributed by atoms with Gasteiger partial charge in [0.2, 0.25) is 5.91 Å². The Morgan fingerprint density at radius 2 is 2.29 bits per heavy atom. The smallest absolute Gasteiger partial charge is 0.232 e. The van der Waals surface area contributed by atoms with Crippen LogP contribution in [0, 0.1) is 6.92 Å². The van der Waals surface area contributed by atoms with Crippen LogP contribution in [0.4, 0.5) is 5.69 Å². The number of amides is 1. The van der Waals surface area contributed by atoms with E-state index in [1.54, 1.807) is 25.3 Å². The molecule has 0 radical (unpaired) electrons. The van der Waals surface area contributed by atoms with Crippen molar-refractivity contribution < 1.29 is 14.7 Å². The number of rotatable bonds is 4. The molecule has 0 aliphatic rings. The number of hydrogen-bond acceptors (Lipinski definition) is 4. The second kappa shape index (κ2) is 5.74. The minimum absolute atomic E-state index is 0.132. The van der Waals surface area contributed by atoms with Gasteiger partial charge >= 0.3 is 0 Å². The SMILES string of the molecule is COc1ccc(NC(=O)CC(N)=NO)cc1C. The molecule has 1 aromatic rings. The summed E-state index contributed by atoms with van der Waals surface area (Å²) in [6.07, 6.45) is -0.151. The Balaban J connectivity index is 2.69. The van der Waals surface area contributed by atoms with E-state index in [0.29, 0.717) is 5.69 Å². The molecule has 1 amide bonds. The molecular weight excluding hydrogens is 222 g/mol. The Morgan fingerprint density at radius 1 is 1.59 bits per heavy atom. The fourth-order valence-electron chi connectivity index (χ4n) is 1.36. The van der Waals surface area contributed by atoms with E-state index in [4.69, 9.17) is 15.7 Å². The van der Waals surface area contributed by atoms with Crippen LogP contribution in [0.2, 0.25) is 0 Å². The summed E-state index contributed by atoms with van der Waals surface area (Å²) in [7, 11) is 1.58. The Labute approximate surface area is 99.1 Å². The molecule has 0 atom stereocenters. The van der Waals surface area contributed by atoms with Gasteiger partial charge in [-0.3, -0.25) is 4.79 Å². The van der Waals surface area contributed by atoms with Crippen LogP contribution in [0.15, 0.2) is 23.4 Å². The highest BCUT2D eigenvalue weighted by molar-refractivity contribution is 6.04. The van der Waals surface area contributed by atoms with E-state index in [1.165, 1.54) is 0 Å². The van der Waals surface area contributed by atoms with Crippen LogP contribution in [0.5, 0.6) is 5.75 Å². The second-order valence-corrected chi connectivity index (χ2v) is 3.50. The summed E-state index contributed by atoms with van der Waals surface area (Å²) in [5.41, 5.74) is 6.77. The van der Waals surface area contributed by atoms with Gasteiger partial charge in [-0.05, 0) is 30.7 Å². The topological polar surface area (TPSA) is 96.9 Å². The number of nitrogens with one attached hydrogen (secondary N) is 1. The van der Waals surface area contributed by atoms with E-state index in [1.807, 2.05) is 6.92 Å². The highest BCUT2D eigenvalue weighted by Gasteiger charge is 2.06. The fourth-order valence-corrected chi connectivity index (χ4v) is 1.36. The number of carbonyl (C=O) groups is 1. The van der Waals surface area contributed by atoms with Gasteiger partial charge in [0, 0.05) is 5.69 Å². The number of nitrogens with zero attached hydrogens (tertiary/aromatic N) is 1. The first-order valence-electron chi connectivity index (χ1n) is 4.97. The summed E-state index contributed by atoms with van der Waals surface area (Å²) in [6, 6.07) is 5.26. The zero-order chi connectivity index (χ0) is 12.8. The number of amidine groups is 1. The van der Waals surface area contributed by atoms with E-state index in [2.05, 4.69) is 10.5 Å². The predicted octanol–water partition coefficient (Wildman–Crippen LogP) is 1.08. The van der Waals surface area contributed by atoms with Crippen molar-refractivity contribution in [3.05, 3.63) is 23.8 Å². The van der Waals surface area contributed by atoms with E-state index >= 15 is 0 Å². The number of benzene rings is 1. The predicted molar refractivity (Wildman–Crippen MR) is 64.4 cm³/mol. The lowest BCUT2D eigenvalue weighted by atomic mass is 10.2. The third kappa shape index (κ3) is 3.67. The minimum Gasteiger partial charge on any atom is -0.496 e. The second-order valence-electron chi connectivity index (χ2n) is 3.50. The maximum atomic E-state index is 11.4. The Hall–Kier alpha value is -2.24. The van der Waals surface area contributed by atoms with Crippen LogP contribution < -0.4 is 15.8 Å². The lowest BCUT2D eigenvalue weighted by Gasteiger charge is -2.08. The molecule has 1 rings (SSSR count). The van der Waals surface area contributed by atoms with Crippen molar-refractivity contribution in [2.75, 3.05) is 12.4 Å². The van der Waals surface area contributed by atoms with E-state index in [-0.39, 0.29) is 18.2 Å². The first-order chi connectivity index (χ1) is 8.06. The molecule has 6 nitrogen and oxygen atoms in total. The molecule has 6 heteroatoms. The maximum Gasteiger partial charge on any atom is 0.232 e. The molecule has 4 N–H and O–H groups in total. The van der Waals surface area contributed by atoms with E-state index in [0.717, 1.165) is 11.3 Å². The van der Waals surface area contributed by atoms with Gasteiger partial charge in [0.25, 0.3) is 0 Å². The summed E-state index contributed by atoms with van der Waals surface area (Å²) in [5.74, 6) is 0.275. The number of ether oxygens (including phenoxy) is 1. The van der Waals surface area contributed by atoms with Gasteiger partial charge in [0.05, 0.1) is 13.5 Å². The third-order valence-electron chi connectivity index (χ3n) is 2.15. The average Bonchev–Trinajstić information content (AvgIpc) is 2.29. The highest BCUT2D eigenvalue weighted by Crippen LogP contribution is 2.21. The number of hydrogen-bond donors (Lipinski definition) is 3. The van der Waals surface area contributed by atoms with Crippen LogP contribution in [-0.2, 0) is 4.79 Å². The fraction of sp³-hybridized carbons (Fsp3) is 0.273. The lowest BCUT2D eigenvalue weighted by Crippen LogP contribution is -2.22. The van der Waals surface area contributed by atoms with Crippen molar-refractivity contribution in [2.24, 2.45) is 10.9 Å². The van der Waals surface area contributed by atoms with Gasteiger partial charge in [-0.2, -0.15) is 0 Å². The normalized spacial score (nSPS) is 11.1. The Bertz CT molecular complexity index is 444. The summed E-state index contributed by atoms with van der Waals surface area (Å²) >= 11 is 0. The van der Waals surface area contributed by atoms with Crippen LogP contribution in [-0.4, -0.2) is 24.1 Å². The molecule has 17 heavy (non-hydrogen) atoms. The molecule has 0 spiro atoms. The van der Waals surface area contributed by atoms with Crippen LogP contribution in [0.25, 0.3) is 0 Å². The molecule has 0 aliphatic carbocycles. The number of carbonyl (C=O) groups excluding carboxylic acids is 1. The van der Waals surface area contributed by atoms with Gasteiger partial charge in [0.15, 0.2) is 0 Å². The zero-order valence-electron chi connectivity index (χ0n) is 9.73. The summed E-state index contributed by atoms with van der Waals surface area (Å²) in [6.45, 7) is 1.87. The molecule has 0 unspecified atom stereocenters. The maximum absolute atomic E-state index is 11.4. The van der Waals surface area contributed by atoms with Crippen LogP contribution in [0.1, 0.15) is 12.0 Å². The summed E-state index contributed by atoms with van der Waals surface area (Å²) in [4.78, 5) is 11.4. The molecule has 0 fully saturated rings. The molecule has 0 bridgehead atoms. The zero-order valence-corrected chi connectivity index (χ0v) is 9.73.